The standard InChI is InChI=1S/C16H25N3OS/c1-18-10-12-19(13-11-18)9-5-8-17-16(20)14-6-3-4-7-15(14)21-2/h3-4,6-7H,5,8-13H2,1-2H3,(H,17,20). The molecule has 1 aliphatic rings. The third-order valence-electron chi connectivity index (χ3n) is 3.88. The normalized spacial score (nSPS) is 16.9. The molecule has 1 aliphatic heterocycles. The Labute approximate surface area is 131 Å². The van der Waals surface area contributed by atoms with E-state index in [1.807, 2.05) is 30.5 Å². The first-order valence-corrected chi connectivity index (χ1v) is 8.75. The highest BCUT2D eigenvalue weighted by molar-refractivity contribution is 7.98. The molecule has 0 unspecified atom stereocenters. The minimum Gasteiger partial charge on any atom is -0.352 e. The van der Waals surface area contributed by atoms with Gasteiger partial charge in [0.05, 0.1) is 5.56 Å². The van der Waals surface area contributed by atoms with E-state index in [0.29, 0.717) is 0 Å². The number of piperazine rings is 1. The lowest BCUT2D eigenvalue weighted by Gasteiger charge is -2.32. The maximum atomic E-state index is 12.2. The first kappa shape index (κ1) is 16.3. The van der Waals surface area contributed by atoms with Gasteiger partial charge in [-0.05, 0) is 38.4 Å². The summed E-state index contributed by atoms with van der Waals surface area (Å²) in [4.78, 5) is 18.0. The van der Waals surface area contributed by atoms with E-state index in [-0.39, 0.29) is 5.91 Å². The van der Waals surface area contributed by atoms with E-state index < -0.39 is 0 Å². The number of rotatable bonds is 6. The molecule has 0 spiro atoms. The predicted octanol–water partition coefficient (Wildman–Crippen LogP) is 1.78. The zero-order valence-corrected chi connectivity index (χ0v) is 13.8. The topological polar surface area (TPSA) is 35.6 Å². The van der Waals surface area contributed by atoms with Gasteiger partial charge in [-0.25, -0.2) is 0 Å². The molecular weight excluding hydrogens is 282 g/mol. The molecule has 5 heteroatoms. The maximum absolute atomic E-state index is 12.2. The fourth-order valence-electron chi connectivity index (χ4n) is 2.50. The van der Waals surface area contributed by atoms with Crippen LogP contribution < -0.4 is 5.32 Å². The molecule has 4 nitrogen and oxygen atoms in total. The van der Waals surface area contributed by atoms with Gasteiger partial charge in [0, 0.05) is 37.6 Å². The highest BCUT2D eigenvalue weighted by atomic mass is 32.2. The number of likely N-dealkylation sites (N-methyl/N-ethyl adjacent to an activating group) is 1. The van der Waals surface area contributed by atoms with Gasteiger partial charge in [-0.15, -0.1) is 11.8 Å². The van der Waals surface area contributed by atoms with Gasteiger partial charge >= 0.3 is 0 Å². The number of carbonyl (C=O) groups is 1. The Morgan fingerprint density at radius 2 is 1.95 bits per heavy atom. The van der Waals surface area contributed by atoms with Gasteiger partial charge in [0.25, 0.3) is 5.91 Å². The van der Waals surface area contributed by atoms with Crippen molar-refractivity contribution in [1.82, 2.24) is 15.1 Å². The van der Waals surface area contributed by atoms with Crippen molar-refractivity contribution in [1.29, 1.82) is 0 Å². The molecule has 1 N–H and O–H groups in total. The molecule has 2 rings (SSSR count). The molecule has 1 amide bonds. The van der Waals surface area contributed by atoms with Crippen LogP contribution in [0.2, 0.25) is 0 Å². The van der Waals surface area contributed by atoms with Gasteiger partial charge in [0.1, 0.15) is 0 Å². The van der Waals surface area contributed by atoms with Crippen LogP contribution in [0.5, 0.6) is 0 Å². The highest BCUT2D eigenvalue weighted by Crippen LogP contribution is 2.19. The second-order valence-corrected chi connectivity index (χ2v) is 6.30. The van der Waals surface area contributed by atoms with Gasteiger partial charge in [-0.2, -0.15) is 0 Å². The monoisotopic (exact) mass is 307 g/mol. The van der Waals surface area contributed by atoms with Crippen LogP contribution >= 0.6 is 11.8 Å². The molecule has 0 saturated carbocycles. The molecule has 0 aliphatic carbocycles. The van der Waals surface area contributed by atoms with Crippen LogP contribution in [0.1, 0.15) is 16.8 Å². The number of thioether (sulfide) groups is 1. The van der Waals surface area contributed by atoms with Crippen molar-refractivity contribution in [3.63, 3.8) is 0 Å². The van der Waals surface area contributed by atoms with Crippen molar-refractivity contribution in [3.8, 4) is 0 Å². The first-order valence-electron chi connectivity index (χ1n) is 7.53. The Hall–Kier alpha value is -1.04. The van der Waals surface area contributed by atoms with Gasteiger partial charge in [-0.3, -0.25) is 4.79 Å². The van der Waals surface area contributed by atoms with Crippen molar-refractivity contribution >= 4 is 17.7 Å². The van der Waals surface area contributed by atoms with Crippen LogP contribution in [0.4, 0.5) is 0 Å². The van der Waals surface area contributed by atoms with Gasteiger partial charge in [-0.1, -0.05) is 12.1 Å². The molecule has 0 atom stereocenters. The summed E-state index contributed by atoms with van der Waals surface area (Å²) in [6.07, 6.45) is 3.01. The van der Waals surface area contributed by atoms with Crippen LogP contribution in [-0.4, -0.2) is 68.3 Å². The highest BCUT2D eigenvalue weighted by Gasteiger charge is 2.13. The zero-order valence-electron chi connectivity index (χ0n) is 13.0. The van der Waals surface area contributed by atoms with E-state index >= 15 is 0 Å². The van der Waals surface area contributed by atoms with E-state index in [9.17, 15) is 4.79 Å². The fourth-order valence-corrected chi connectivity index (χ4v) is 3.10. The average molecular weight is 307 g/mol. The van der Waals surface area contributed by atoms with E-state index in [0.717, 1.165) is 56.1 Å². The summed E-state index contributed by atoms with van der Waals surface area (Å²) in [5.41, 5.74) is 0.782. The summed E-state index contributed by atoms with van der Waals surface area (Å²) in [6.45, 7) is 6.38. The molecule has 1 saturated heterocycles. The van der Waals surface area contributed by atoms with Crippen LogP contribution in [0.15, 0.2) is 29.2 Å². The second-order valence-electron chi connectivity index (χ2n) is 5.45. The smallest absolute Gasteiger partial charge is 0.252 e. The van der Waals surface area contributed by atoms with Crippen LogP contribution in [0.3, 0.4) is 0 Å². The summed E-state index contributed by atoms with van der Waals surface area (Å²) in [5.74, 6) is 0.0401. The lowest BCUT2D eigenvalue weighted by molar-refractivity contribution is 0.0946. The van der Waals surface area contributed by atoms with Crippen molar-refractivity contribution in [2.24, 2.45) is 0 Å². The third-order valence-corrected chi connectivity index (χ3v) is 4.68. The lowest BCUT2D eigenvalue weighted by Crippen LogP contribution is -2.45. The van der Waals surface area contributed by atoms with E-state index in [4.69, 9.17) is 0 Å². The Morgan fingerprint density at radius 3 is 2.67 bits per heavy atom. The second kappa shape index (κ2) is 8.41. The number of benzene rings is 1. The number of hydrogen-bond donors (Lipinski definition) is 1. The summed E-state index contributed by atoms with van der Waals surface area (Å²) < 4.78 is 0. The Bertz CT molecular complexity index is 459. The van der Waals surface area contributed by atoms with Crippen LogP contribution in [0.25, 0.3) is 0 Å². The minimum atomic E-state index is 0.0401. The van der Waals surface area contributed by atoms with Gasteiger partial charge < -0.3 is 15.1 Å². The van der Waals surface area contributed by atoms with Crippen LogP contribution in [0, 0.1) is 0 Å². The van der Waals surface area contributed by atoms with Crippen molar-refractivity contribution in [3.05, 3.63) is 29.8 Å². The van der Waals surface area contributed by atoms with Gasteiger partial charge in [0.2, 0.25) is 0 Å². The number of carbonyl (C=O) groups excluding carboxylic acids is 1. The molecular formula is C16H25N3OS. The number of amides is 1. The molecule has 116 valence electrons. The quantitative estimate of drug-likeness (QED) is 0.642. The summed E-state index contributed by atoms with van der Waals surface area (Å²) in [5, 5.41) is 3.03. The van der Waals surface area contributed by atoms with Gasteiger partial charge in [0.15, 0.2) is 0 Å². The third kappa shape index (κ3) is 5.02. The van der Waals surface area contributed by atoms with Crippen LogP contribution in [-0.2, 0) is 0 Å². The summed E-state index contributed by atoms with van der Waals surface area (Å²) in [7, 11) is 2.17. The van der Waals surface area contributed by atoms with Crippen molar-refractivity contribution < 1.29 is 4.79 Å². The molecule has 1 heterocycles. The van der Waals surface area contributed by atoms with E-state index in [1.165, 1.54) is 0 Å². The van der Waals surface area contributed by atoms with E-state index in [1.54, 1.807) is 11.8 Å². The number of nitrogens with one attached hydrogen (secondary N) is 1. The molecule has 1 aromatic rings. The Morgan fingerprint density at radius 1 is 1.24 bits per heavy atom. The van der Waals surface area contributed by atoms with Crippen molar-refractivity contribution in [2.75, 3.05) is 52.6 Å². The van der Waals surface area contributed by atoms with Crippen molar-refractivity contribution in [2.45, 2.75) is 11.3 Å². The SMILES string of the molecule is CSc1ccccc1C(=O)NCCCN1CCN(C)CC1. The zero-order chi connectivity index (χ0) is 15.1. The molecule has 0 aromatic heterocycles. The number of nitrogens with zero attached hydrogens (tertiary/aromatic N) is 2. The molecule has 0 bridgehead atoms. The maximum Gasteiger partial charge on any atom is 0.252 e. The first-order chi connectivity index (χ1) is 10.2. The Kier molecular flexibility index (Phi) is 6.54. The lowest BCUT2D eigenvalue weighted by atomic mass is 10.2. The molecule has 1 fully saturated rings. The Balaban J connectivity index is 1.70. The average Bonchev–Trinajstić information content (AvgIpc) is 2.53. The molecule has 0 radical (unpaired) electrons. The largest absolute Gasteiger partial charge is 0.352 e. The molecule has 1 aromatic carbocycles. The molecule has 21 heavy (non-hydrogen) atoms. The number of hydrogen-bond acceptors (Lipinski definition) is 4. The summed E-state index contributed by atoms with van der Waals surface area (Å²) in [6, 6.07) is 7.76. The minimum absolute atomic E-state index is 0.0401. The van der Waals surface area contributed by atoms with E-state index in [2.05, 4.69) is 22.2 Å². The summed E-state index contributed by atoms with van der Waals surface area (Å²) >= 11 is 1.61. The fraction of sp³-hybridized carbons (Fsp3) is 0.562. The predicted molar refractivity (Wildman–Crippen MR) is 89.1 cm³/mol.